The van der Waals surface area contributed by atoms with Crippen molar-refractivity contribution in [1.29, 1.82) is 0 Å². The molecule has 0 N–H and O–H groups in total. The molecular weight excluding hydrogens is 520 g/mol. The zero-order chi connectivity index (χ0) is 27.3. The molecule has 3 aromatic rings. The summed E-state index contributed by atoms with van der Waals surface area (Å²) in [5.41, 5.74) is 2.77. The lowest BCUT2D eigenvalue weighted by Crippen LogP contribution is -2.38. The average molecular weight is 557 g/mol. The topological polar surface area (TPSA) is 84.0 Å². The van der Waals surface area contributed by atoms with Gasteiger partial charge in [-0.2, -0.15) is 8.61 Å². The molecule has 7 nitrogen and oxygen atoms in total. The van der Waals surface area contributed by atoms with E-state index in [1.54, 1.807) is 26.3 Å². The Balaban J connectivity index is 1.61. The Morgan fingerprint density at radius 2 is 1.18 bits per heavy atom. The van der Waals surface area contributed by atoms with E-state index in [0.29, 0.717) is 5.75 Å². The first-order valence-electron chi connectivity index (χ1n) is 12.9. The predicted octanol–water partition coefficient (Wildman–Crippen LogP) is 5.35. The minimum atomic E-state index is -3.93. The number of benzene rings is 3. The number of ether oxygens (including phenoxy) is 1. The molecule has 0 heterocycles. The quantitative estimate of drug-likeness (QED) is 0.336. The third-order valence-corrected chi connectivity index (χ3v) is 11.0. The van der Waals surface area contributed by atoms with E-state index in [2.05, 4.69) is 0 Å². The number of sulfonamides is 2. The number of methoxy groups -OCH3 is 1. The van der Waals surface area contributed by atoms with Crippen molar-refractivity contribution in [2.24, 2.45) is 0 Å². The smallest absolute Gasteiger partial charge is 0.243 e. The highest BCUT2D eigenvalue weighted by molar-refractivity contribution is 7.89. The van der Waals surface area contributed by atoms with Gasteiger partial charge in [-0.3, -0.25) is 0 Å². The lowest BCUT2D eigenvalue weighted by atomic mass is 9.96. The van der Waals surface area contributed by atoms with E-state index in [1.165, 1.54) is 32.9 Å². The summed E-state index contributed by atoms with van der Waals surface area (Å²) in [6.07, 6.45) is 4.87. The normalized spacial score (nSPS) is 15.2. The fourth-order valence-corrected chi connectivity index (χ4v) is 7.63. The van der Waals surface area contributed by atoms with Gasteiger partial charge >= 0.3 is 0 Å². The fraction of sp³-hybridized carbons (Fsp3) is 0.379. The molecule has 4 rings (SSSR count). The SMILES string of the molecule is COc1ccc(CN(Cc2ccc(C)cc2)S(=O)(=O)c2ccc(S(=O)(=O)N(C)C3CCCCC3)cc2)cc1. The minimum Gasteiger partial charge on any atom is -0.497 e. The monoisotopic (exact) mass is 556 g/mol. The molecule has 1 saturated carbocycles. The molecule has 0 amide bonds. The molecule has 0 bridgehead atoms. The van der Waals surface area contributed by atoms with Gasteiger partial charge in [0.2, 0.25) is 20.0 Å². The Kier molecular flexibility index (Phi) is 8.92. The van der Waals surface area contributed by atoms with Crippen molar-refractivity contribution in [3.63, 3.8) is 0 Å². The van der Waals surface area contributed by atoms with Crippen molar-refractivity contribution >= 4 is 20.0 Å². The highest BCUT2D eigenvalue weighted by atomic mass is 32.2. The first-order valence-corrected chi connectivity index (χ1v) is 15.8. The molecule has 0 unspecified atom stereocenters. The lowest BCUT2D eigenvalue weighted by molar-refractivity contribution is 0.286. The Morgan fingerprint density at radius 1 is 0.711 bits per heavy atom. The maximum atomic E-state index is 13.8. The molecule has 1 aliphatic carbocycles. The summed E-state index contributed by atoms with van der Waals surface area (Å²) < 4.78 is 62.2. The van der Waals surface area contributed by atoms with Crippen molar-refractivity contribution < 1.29 is 21.6 Å². The molecule has 0 radical (unpaired) electrons. The number of rotatable bonds is 10. The van der Waals surface area contributed by atoms with Crippen LogP contribution in [0.25, 0.3) is 0 Å². The van der Waals surface area contributed by atoms with Crippen LogP contribution in [0.3, 0.4) is 0 Å². The number of hydrogen-bond donors (Lipinski definition) is 0. The molecule has 0 atom stereocenters. The van der Waals surface area contributed by atoms with E-state index < -0.39 is 20.0 Å². The summed E-state index contributed by atoms with van der Waals surface area (Å²) in [4.78, 5) is 0.155. The Morgan fingerprint density at radius 3 is 1.68 bits per heavy atom. The van der Waals surface area contributed by atoms with Crippen LogP contribution in [-0.4, -0.2) is 45.6 Å². The summed E-state index contributed by atoms with van der Waals surface area (Å²) in [5.74, 6) is 0.691. The van der Waals surface area contributed by atoms with Gasteiger partial charge in [0.1, 0.15) is 5.75 Å². The molecular formula is C29H36N2O5S2. The average Bonchev–Trinajstić information content (AvgIpc) is 2.94. The van der Waals surface area contributed by atoms with Gasteiger partial charge in [-0.05, 0) is 67.3 Å². The van der Waals surface area contributed by atoms with Crippen LogP contribution in [0.2, 0.25) is 0 Å². The van der Waals surface area contributed by atoms with Gasteiger partial charge in [-0.15, -0.1) is 0 Å². The highest BCUT2D eigenvalue weighted by Crippen LogP contribution is 2.28. The summed E-state index contributed by atoms with van der Waals surface area (Å²) >= 11 is 0. The Hall–Kier alpha value is -2.72. The number of aryl methyl sites for hydroxylation is 1. The molecule has 1 fully saturated rings. The zero-order valence-corrected chi connectivity index (χ0v) is 23.8. The Labute approximate surface area is 227 Å². The Bertz CT molecular complexity index is 1410. The highest BCUT2D eigenvalue weighted by Gasteiger charge is 2.30. The van der Waals surface area contributed by atoms with Crippen LogP contribution in [-0.2, 0) is 33.1 Å². The van der Waals surface area contributed by atoms with Gasteiger partial charge in [-0.25, -0.2) is 16.8 Å². The first kappa shape index (κ1) is 28.3. The number of hydrogen-bond acceptors (Lipinski definition) is 5. The van der Waals surface area contributed by atoms with Gasteiger partial charge in [0.05, 0.1) is 16.9 Å². The molecule has 3 aromatic carbocycles. The van der Waals surface area contributed by atoms with Crippen LogP contribution >= 0.6 is 0 Å². The van der Waals surface area contributed by atoms with E-state index >= 15 is 0 Å². The lowest BCUT2D eigenvalue weighted by Gasteiger charge is -2.30. The van der Waals surface area contributed by atoms with Crippen LogP contribution in [0.1, 0.15) is 48.8 Å². The standard InChI is InChI=1S/C29H36N2O5S2/c1-23-9-11-24(12-10-23)21-31(22-25-13-15-27(36-3)16-14-25)38(34,35)29-19-17-28(18-20-29)37(32,33)30(2)26-7-5-4-6-8-26/h9-20,26H,4-8,21-22H2,1-3H3. The first-order chi connectivity index (χ1) is 18.1. The third kappa shape index (κ3) is 6.46. The number of nitrogens with zero attached hydrogens (tertiary/aromatic N) is 2. The van der Waals surface area contributed by atoms with Gasteiger partial charge in [0.15, 0.2) is 0 Å². The predicted molar refractivity (Wildman–Crippen MR) is 149 cm³/mol. The van der Waals surface area contributed by atoms with E-state index in [9.17, 15) is 16.8 Å². The second-order valence-corrected chi connectivity index (χ2v) is 13.8. The van der Waals surface area contributed by atoms with E-state index in [1.807, 2.05) is 43.3 Å². The molecule has 0 aromatic heterocycles. The molecule has 9 heteroatoms. The van der Waals surface area contributed by atoms with Crippen LogP contribution in [0, 0.1) is 6.92 Å². The third-order valence-electron chi connectivity index (χ3n) is 7.22. The molecule has 1 aliphatic rings. The minimum absolute atomic E-state index is 0.0216. The van der Waals surface area contributed by atoms with Crippen molar-refractivity contribution in [2.45, 2.75) is 68.0 Å². The second-order valence-electron chi connectivity index (χ2n) is 9.89. The van der Waals surface area contributed by atoms with Gasteiger partial charge < -0.3 is 4.74 Å². The second kappa shape index (κ2) is 12.0. The molecule has 0 saturated heterocycles. The molecule has 204 valence electrons. The van der Waals surface area contributed by atoms with Gasteiger partial charge in [0, 0.05) is 26.2 Å². The molecule has 0 spiro atoms. The summed E-state index contributed by atoms with van der Waals surface area (Å²) in [5, 5.41) is 0. The maximum absolute atomic E-state index is 13.8. The maximum Gasteiger partial charge on any atom is 0.243 e. The van der Waals surface area contributed by atoms with E-state index in [0.717, 1.165) is 48.8 Å². The van der Waals surface area contributed by atoms with Crippen LogP contribution < -0.4 is 4.74 Å². The van der Waals surface area contributed by atoms with Crippen molar-refractivity contribution in [3.05, 3.63) is 89.5 Å². The van der Waals surface area contributed by atoms with Crippen molar-refractivity contribution in [1.82, 2.24) is 8.61 Å². The van der Waals surface area contributed by atoms with Crippen LogP contribution in [0.4, 0.5) is 0 Å². The van der Waals surface area contributed by atoms with Crippen LogP contribution in [0.5, 0.6) is 5.75 Å². The van der Waals surface area contributed by atoms with Gasteiger partial charge in [0.25, 0.3) is 0 Å². The van der Waals surface area contributed by atoms with Gasteiger partial charge in [-0.1, -0.05) is 61.2 Å². The van der Waals surface area contributed by atoms with E-state index in [4.69, 9.17) is 4.74 Å². The summed E-state index contributed by atoms with van der Waals surface area (Å²) in [7, 11) is -4.45. The summed E-state index contributed by atoms with van der Waals surface area (Å²) in [6.45, 7) is 2.32. The van der Waals surface area contributed by atoms with Crippen molar-refractivity contribution in [2.75, 3.05) is 14.2 Å². The van der Waals surface area contributed by atoms with E-state index in [-0.39, 0.29) is 28.9 Å². The zero-order valence-electron chi connectivity index (χ0n) is 22.2. The molecule has 38 heavy (non-hydrogen) atoms. The fourth-order valence-electron chi connectivity index (χ4n) is 4.80. The van der Waals surface area contributed by atoms with Crippen LogP contribution in [0.15, 0.2) is 82.6 Å². The largest absolute Gasteiger partial charge is 0.497 e. The molecule has 0 aliphatic heterocycles. The summed E-state index contributed by atoms with van der Waals surface area (Å²) in [6, 6.07) is 20.6. The van der Waals surface area contributed by atoms with Crippen molar-refractivity contribution in [3.8, 4) is 5.75 Å².